The molecule has 0 heterocycles. The second kappa shape index (κ2) is 5.42. The third-order valence-corrected chi connectivity index (χ3v) is 2.67. The van der Waals surface area contributed by atoms with Crippen LogP contribution >= 0.6 is 0 Å². The molecule has 20 heavy (non-hydrogen) atoms. The van der Waals surface area contributed by atoms with Gasteiger partial charge < -0.3 is 15.6 Å². The molecule has 2 rings (SSSR count). The van der Waals surface area contributed by atoms with Crippen molar-refractivity contribution in [2.45, 2.75) is 12.2 Å². The minimum atomic E-state index is -4.64. The monoisotopic (exact) mass is 283 g/mol. The summed E-state index contributed by atoms with van der Waals surface area (Å²) in [6, 6.07) is 9.90. The van der Waals surface area contributed by atoms with Crippen molar-refractivity contribution < 1.29 is 23.0 Å². The van der Waals surface area contributed by atoms with Gasteiger partial charge in [0.05, 0.1) is 0 Å². The minimum Gasteiger partial charge on any atom is -0.508 e. The molecule has 0 spiro atoms. The summed E-state index contributed by atoms with van der Waals surface area (Å²) in [5, 5.41) is 9.50. The Morgan fingerprint density at radius 3 is 2.25 bits per heavy atom. The molecular formula is C14H12F3NO2. The summed E-state index contributed by atoms with van der Waals surface area (Å²) < 4.78 is 43.2. The van der Waals surface area contributed by atoms with Gasteiger partial charge in [-0.25, -0.2) is 0 Å². The number of ether oxygens (including phenoxy) is 1. The van der Waals surface area contributed by atoms with Crippen LogP contribution in [0.3, 0.4) is 0 Å². The quantitative estimate of drug-likeness (QED) is 0.902. The van der Waals surface area contributed by atoms with Crippen LogP contribution in [0.2, 0.25) is 0 Å². The van der Waals surface area contributed by atoms with Crippen molar-refractivity contribution in [1.29, 1.82) is 0 Å². The summed E-state index contributed by atoms with van der Waals surface area (Å²) >= 11 is 0. The maximum absolute atomic E-state index is 12.6. The fourth-order valence-electron chi connectivity index (χ4n) is 1.65. The molecule has 6 heteroatoms. The van der Waals surface area contributed by atoms with Crippen LogP contribution in [0.1, 0.15) is 11.6 Å². The van der Waals surface area contributed by atoms with E-state index < -0.39 is 23.5 Å². The van der Waals surface area contributed by atoms with Gasteiger partial charge in [-0.05, 0) is 30.3 Å². The minimum absolute atomic E-state index is 0.170. The van der Waals surface area contributed by atoms with Crippen LogP contribution in [0.25, 0.3) is 0 Å². The average molecular weight is 283 g/mol. The number of alkyl halides is 3. The first-order valence-corrected chi connectivity index (χ1v) is 5.76. The Bertz CT molecular complexity index is 585. The maximum Gasteiger partial charge on any atom is 0.407 e. The zero-order valence-corrected chi connectivity index (χ0v) is 10.3. The number of benzene rings is 2. The number of rotatable bonds is 3. The van der Waals surface area contributed by atoms with E-state index in [2.05, 4.69) is 0 Å². The molecule has 3 N–H and O–H groups in total. The molecule has 0 radical (unpaired) electrons. The zero-order chi connectivity index (χ0) is 14.8. The van der Waals surface area contributed by atoms with Gasteiger partial charge in [0, 0.05) is 5.56 Å². The third-order valence-electron chi connectivity index (χ3n) is 2.67. The summed E-state index contributed by atoms with van der Waals surface area (Å²) in [5.74, 6) is 0.128. The molecule has 0 aliphatic heterocycles. The van der Waals surface area contributed by atoms with Crippen molar-refractivity contribution in [1.82, 2.24) is 0 Å². The topological polar surface area (TPSA) is 55.5 Å². The highest BCUT2D eigenvalue weighted by Crippen LogP contribution is 2.37. The number of nitrogens with two attached hydrogens (primary N) is 1. The molecule has 2 aromatic rings. The van der Waals surface area contributed by atoms with E-state index in [0.717, 1.165) is 12.1 Å². The number of phenolic OH excluding ortho intramolecular Hbond substituents is 1. The van der Waals surface area contributed by atoms with Crippen LogP contribution < -0.4 is 10.5 Å². The predicted molar refractivity (Wildman–Crippen MR) is 67.6 cm³/mol. The van der Waals surface area contributed by atoms with Crippen LogP contribution in [0, 0.1) is 0 Å². The van der Waals surface area contributed by atoms with Gasteiger partial charge in [0.25, 0.3) is 0 Å². The largest absolute Gasteiger partial charge is 0.508 e. The molecule has 2 aromatic carbocycles. The van der Waals surface area contributed by atoms with Gasteiger partial charge in [0.2, 0.25) is 0 Å². The van der Waals surface area contributed by atoms with E-state index in [4.69, 9.17) is 10.5 Å². The summed E-state index contributed by atoms with van der Waals surface area (Å²) in [6.45, 7) is 0. The first kappa shape index (κ1) is 14.2. The fraction of sp³-hybridized carbons (Fsp3) is 0.143. The lowest BCUT2D eigenvalue weighted by Gasteiger charge is -2.18. The van der Waals surface area contributed by atoms with E-state index >= 15 is 0 Å². The van der Waals surface area contributed by atoms with Gasteiger partial charge >= 0.3 is 6.18 Å². The lowest BCUT2D eigenvalue weighted by atomic mass is 10.1. The van der Waals surface area contributed by atoms with Crippen molar-refractivity contribution in [2.24, 2.45) is 5.73 Å². The first-order valence-electron chi connectivity index (χ1n) is 5.76. The summed E-state index contributed by atoms with van der Waals surface area (Å²) in [5.41, 5.74) is 4.67. The lowest BCUT2D eigenvalue weighted by Crippen LogP contribution is -2.28. The molecule has 0 aromatic heterocycles. The Hall–Kier alpha value is -2.21. The van der Waals surface area contributed by atoms with Crippen LogP contribution in [0.15, 0.2) is 48.5 Å². The molecule has 106 valence electrons. The summed E-state index contributed by atoms with van der Waals surface area (Å²) in [6.07, 6.45) is -4.64. The van der Waals surface area contributed by atoms with Crippen LogP contribution in [0.5, 0.6) is 17.2 Å². The van der Waals surface area contributed by atoms with Crippen molar-refractivity contribution in [3.8, 4) is 17.2 Å². The Labute approximate surface area is 113 Å². The molecule has 3 nitrogen and oxygen atoms in total. The van der Waals surface area contributed by atoms with E-state index in [0.29, 0.717) is 5.75 Å². The first-order chi connectivity index (χ1) is 9.38. The molecule has 0 fully saturated rings. The molecule has 0 aliphatic carbocycles. The van der Waals surface area contributed by atoms with Crippen molar-refractivity contribution in [3.05, 3.63) is 54.1 Å². The molecule has 1 atom stereocenters. The molecule has 0 saturated carbocycles. The number of hydrogen-bond acceptors (Lipinski definition) is 3. The molecule has 0 unspecified atom stereocenters. The Morgan fingerprint density at radius 2 is 1.65 bits per heavy atom. The molecule has 0 bridgehead atoms. The van der Waals surface area contributed by atoms with E-state index in [1.165, 1.54) is 6.07 Å². The zero-order valence-electron chi connectivity index (χ0n) is 10.3. The van der Waals surface area contributed by atoms with E-state index in [1.807, 2.05) is 0 Å². The van der Waals surface area contributed by atoms with E-state index in [9.17, 15) is 18.3 Å². The van der Waals surface area contributed by atoms with Crippen molar-refractivity contribution in [2.75, 3.05) is 0 Å². The summed E-state index contributed by atoms with van der Waals surface area (Å²) in [4.78, 5) is 0. The van der Waals surface area contributed by atoms with Gasteiger partial charge in [0.1, 0.15) is 23.3 Å². The number of aromatic hydroxyl groups is 1. The standard InChI is InChI=1S/C14H12F3NO2/c15-14(16,17)13(18)11-8-10(6-7-12(11)19)20-9-4-2-1-3-5-9/h1-8,13,19H,18H2/t13-/m0/s1. The fourth-order valence-corrected chi connectivity index (χ4v) is 1.65. The van der Waals surface area contributed by atoms with Gasteiger partial charge in [-0.1, -0.05) is 18.2 Å². The van der Waals surface area contributed by atoms with Crippen molar-refractivity contribution in [3.63, 3.8) is 0 Å². The van der Waals surface area contributed by atoms with Crippen LogP contribution in [-0.2, 0) is 0 Å². The van der Waals surface area contributed by atoms with E-state index in [-0.39, 0.29) is 5.75 Å². The van der Waals surface area contributed by atoms with E-state index in [1.54, 1.807) is 30.3 Å². The molecular weight excluding hydrogens is 271 g/mol. The molecule has 0 saturated heterocycles. The normalized spacial score (nSPS) is 13.0. The molecule has 0 amide bonds. The number of para-hydroxylation sites is 1. The Morgan fingerprint density at radius 1 is 1.00 bits per heavy atom. The number of hydrogen-bond donors (Lipinski definition) is 2. The van der Waals surface area contributed by atoms with Crippen LogP contribution in [-0.4, -0.2) is 11.3 Å². The van der Waals surface area contributed by atoms with Crippen molar-refractivity contribution >= 4 is 0 Å². The predicted octanol–water partition coefficient (Wildman–Crippen LogP) is 3.75. The highest BCUT2D eigenvalue weighted by Gasteiger charge is 2.39. The Kier molecular flexibility index (Phi) is 3.85. The SMILES string of the molecule is N[C@@H](c1cc(Oc2ccccc2)ccc1O)C(F)(F)F. The maximum atomic E-state index is 12.6. The third kappa shape index (κ3) is 3.21. The number of halogens is 3. The van der Waals surface area contributed by atoms with Gasteiger partial charge in [-0.3, -0.25) is 0 Å². The molecule has 0 aliphatic rings. The van der Waals surface area contributed by atoms with Crippen LogP contribution in [0.4, 0.5) is 13.2 Å². The van der Waals surface area contributed by atoms with Gasteiger partial charge in [-0.2, -0.15) is 13.2 Å². The summed E-state index contributed by atoms with van der Waals surface area (Å²) in [7, 11) is 0. The smallest absolute Gasteiger partial charge is 0.407 e. The highest BCUT2D eigenvalue weighted by atomic mass is 19.4. The Balaban J connectivity index is 2.29. The average Bonchev–Trinajstić information content (AvgIpc) is 2.40. The van der Waals surface area contributed by atoms with Gasteiger partial charge in [-0.15, -0.1) is 0 Å². The van der Waals surface area contributed by atoms with Gasteiger partial charge in [0.15, 0.2) is 0 Å². The number of phenols is 1. The second-order valence-corrected chi connectivity index (χ2v) is 4.16. The highest BCUT2D eigenvalue weighted by molar-refractivity contribution is 5.43. The second-order valence-electron chi connectivity index (χ2n) is 4.16. The lowest BCUT2D eigenvalue weighted by molar-refractivity contribution is -0.149.